The van der Waals surface area contributed by atoms with Gasteiger partial charge in [0.15, 0.2) is 0 Å². The largest absolute Gasteiger partial charge is 0.478 e. The summed E-state index contributed by atoms with van der Waals surface area (Å²) >= 11 is 0. The third kappa shape index (κ3) is 10.8. The van der Waals surface area contributed by atoms with E-state index in [0.29, 0.717) is 18.7 Å². The number of unbranched alkanes of at least 4 members (excludes halogenated alkanes) is 1. The molecule has 1 aliphatic rings. The maximum Gasteiger partial charge on any atom is 0.335 e. The molecule has 3 aromatic rings. The summed E-state index contributed by atoms with van der Waals surface area (Å²) in [5, 5.41) is 9.27. The monoisotopic (exact) mass is 601 g/mol. The predicted octanol–water partition coefficient (Wildman–Crippen LogP) is 9.91. The molecule has 0 heterocycles. The maximum absolute atomic E-state index is 13.7. The highest BCUT2D eigenvalue weighted by Crippen LogP contribution is 2.23. The molecule has 0 bridgehead atoms. The van der Waals surface area contributed by atoms with Crippen LogP contribution in [0.2, 0.25) is 0 Å². The number of hydrogen-bond acceptors (Lipinski definition) is 2. The number of nitrogens with zero attached hydrogens (tertiary/aromatic N) is 1. The summed E-state index contributed by atoms with van der Waals surface area (Å²) in [6.45, 7) is 13.4. The lowest BCUT2D eigenvalue weighted by Gasteiger charge is -2.24. The van der Waals surface area contributed by atoms with Gasteiger partial charge < -0.3 is 10.0 Å². The standard InChI is InChI=1S/C39H41NO3.C2H6/c1-5-6-8-29-9-7-10-30(12-11-29)13-14-31-15-17-32(18-16-31)27-40(28-33-19-21-35(22-20-33)38(42)43)37(41)34-23-25-36(26-24-34)39(2,3)4;1-2/h7,10-12,15-26H,5-6,8-9,27-28H2,1-4H3,(H,42,43);1-2H3. The van der Waals surface area contributed by atoms with E-state index >= 15 is 0 Å². The van der Waals surface area contributed by atoms with Gasteiger partial charge in [0.05, 0.1) is 5.56 Å². The van der Waals surface area contributed by atoms with Crippen LogP contribution in [0.15, 0.2) is 108 Å². The van der Waals surface area contributed by atoms with Crippen LogP contribution in [0.5, 0.6) is 0 Å². The van der Waals surface area contributed by atoms with Crippen molar-refractivity contribution in [3.05, 3.63) is 142 Å². The van der Waals surface area contributed by atoms with Crippen LogP contribution in [0.25, 0.3) is 0 Å². The second-order valence-corrected chi connectivity index (χ2v) is 12.1. The summed E-state index contributed by atoms with van der Waals surface area (Å²) in [4.78, 5) is 26.8. The fourth-order valence-corrected chi connectivity index (χ4v) is 4.87. The van der Waals surface area contributed by atoms with Gasteiger partial charge in [-0.25, -0.2) is 4.79 Å². The van der Waals surface area contributed by atoms with E-state index in [1.165, 1.54) is 24.0 Å². The third-order valence-corrected chi connectivity index (χ3v) is 7.57. The molecule has 0 spiro atoms. The number of carbonyl (C=O) groups excluding carboxylic acids is 1. The minimum absolute atomic E-state index is 0.00486. The fourth-order valence-electron chi connectivity index (χ4n) is 4.87. The number of rotatable bonds is 9. The van der Waals surface area contributed by atoms with Gasteiger partial charge in [0, 0.05) is 29.8 Å². The number of aromatic carboxylic acids is 1. The molecule has 0 unspecified atom stereocenters. The van der Waals surface area contributed by atoms with E-state index in [0.717, 1.165) is 35.1 Å². The summed E-state index contributed by atoms with van der Waals surface area (Å²) in [6.07, 6.45) is 13.1. The average molecular weight is 602 g/mol. The molecular weight excluding hydrogens is 554 g/mol. The minimum Gasteiger partial charge on any atom is -0.478 e. The molecule has 0 aromatic heterocycles. The zero-order valence-corrected chi connectivity index (χ0v) is 27.7. The first-order valence-electron chi connectivity index (χ1n) is 16.0. The number of benzene rings is 3. The van der Waals surface area contributed by atoms with Crippen LogP contribution in [0.3, 0.4) is 0 Å². The van der Waals surface area contributed by atoms with E-state index in [4.69, 9.17) is 0 Å². The maximum atomic E-state index is 13.7. The first-order valence-corrected chi connectivity index (χ1v) is 16.0. The highest BCUT2D eigenvalue weighted by atomic mass is 16.4. The molecule has 0 saturated carbocycles. The SMILES string of the molecule is CC.CCCCC1=CC=C(C#Cc2ccc(CN(Cc3ccc(C(=O)O)cc3)C(=O)c3ccc(C(C)(C)C)cc3)cc2)C=CC1. The number of amides is 1. The molecule has 4 rings (SSSR count). The van der Waals surface area contributed by atoms with Crippen LogP contribution in [0.4, 0.5) is 0 Å². The molecule has 4 heteroatoms. The number of carboxylic acid groups (broad SMARTS) is 1. The van der Waals surface area contributed by atoms with Crippen molar-refractivity contribution in [1.29, 1.82) is 0 Å². The average Bonchev–Trinajstić information content (AvgIpc) is 3.28. The molecular formula is C41H47NO3. The Bertz CT molecular complexity index is 1570. The van der Waals surface area contributed by atoms with Crippen molar-refractivity contribution in [2.24, 2.45) is 0 Å². The highest BCUT2D eigenvalue weighted by Gasteiger charge is 2.19. The van der Waals surface area contributed by atoms with E-state index in [1.807, 2.05) is 62.4 Å². The lowest BCUT2D eigenvalue weighted by Crippen LogP contribution is -2.30. The molecule has 234 valence electrons. The van der Waals surface area contributed by atoms with Gasteiger partial charge in [-0.05, 0) is 83.8 Å². The van der Waals surface area contributed by atoms with Crippen molar-refractivity contribution in [1.82, 2.24) is 4.90 Å². The second kappa shape index (κ2) is 17.0. The number of carboxylic acids is 1. The smallest absolute Gasteiger partial charge is 0.335 e. The molecule has 0 saturated heterocycles. The molecule has 45 heavy (non-hydrogen) atoms. The summed E-state index contributed by atoms with van der Waals surface area (Å²) in [6, 6.07) is 22.5. The molecule has 4 nitrogen and oxygen atoms in total. The molecule has 3 aromatic carbocycles. The van der Waals surface area contributed by atoms with Gasteiger partial charge in [0.2, 0.25) is 0 Å². The van der Waals surface area contributed by atoms with Crippen molar-refractivity contribution in [2.45, 2.75) is 85.7 Å². The van der Waals surface area contributed by atoms with Crippen molar-refractivity contribution in [2.75, 3.05) is 0 Å². The van der Waals surface area contributed by atoms with Gasteiger partial charge in [0.25, 0.3) is 5.91 Å². The van der Waals surface area contributed by atoms with Gasteiger partial charge in [-0.15, -0.1) is 0 Å². The Kier molecular flexibility index (Phi) is 13.2. The molecule has 1 N–H and O–H groups in total. The van der Waals surface area contributed by atoms with Crippen LogP contribution in [-0.2, 0) is 18.5 Å². The first-order chi connectivity index (χ1) is 21.6. The minimum atomic E-state index is -0.971. The van der Waals surface area contributed by atoms with Crippen LogP contribution in [0.1, 0.15) is 110 Å². The zero-order chi connectivity index (χ0) is 32.8. The molecule has 1 aliphatic carbocycles. The van der Waals surface area contributed by atoms with Gasteiger partial charge in [-0.1, -0.05) is 120 Å². The third-order valence-electron chi connectivity index (χ3n) is 7.57. The van der Waals surface area contributed by atoms with Gasteiger partial charge in [-0.2, -0.15) is 0 Å². The zero-order valence-electron chi connectivity index (χ0n) is 27.7. The van der Waals surface area contributed by atoms with Crippen LogP contribution in [-0.4, -0.2) is 21.9 Å². The molecule has 0 radical (unpaired) electrons. The molecule has 0 atom stereocenters. The molecule has 0 fully saturated rings. The van der Waals surface area contributed by atoms with Crippen molar-refractivity contribution >= 4 is 11.9 Å². The fraction of sp³-hybridized carbons (Fsp3) is 0.317. The van der Waals surface area contributed by atoms with Crippen molar-refractivity contribution in [3.63, 3.8) is 0 Å². The Morgan fingerprint density at radius 1 is 0.800 bits per heavy atom. The Hall–Kier alpha value is -4.62. The number of hydrogen-bond donors (Lipinski definition) is 1. The highest BCUT2D eigenvalue weighted by molar-refractivity contribution is 5.94. The van der Waals surface area contributed by atoms with Crippen molar-refractivity contribution < 1.29 is 14.7 Å². The quantitative estimate of drug-likeness (QED) is 0.248. The first kappa shape index (κ1) is 34.9. The lowest BCUT2D eigenvalue weighted by molar-refractivity contribution is 0.0693. The molecule has 1 amide bonds. The van der Waals surface area contributed by atoms with Crippen LogP contribution in [0, 0.1) is 11.8 Å². The Morgan fingerprint density at radius 3 is 1.93 bits per heavy atom. The van der Waals surface area contributed by atoms with E-state index < -0.39 is 5.97 Å². The Labute approximate surface area is 270 Å². The predicted molar refractivity (Wildman–Crippen MR) is 186 cm³/mol. The normalized spacial score (nSPS) is 12.4. The van der Waals surface area contributed by atoms with Gasteiger partial charge >= 0.3 is 5.97 Å². The van der Waals surface area contributed by atoms with E-state index in [9.17, 15) is 14.7 Å². The molecule has 0 aliphatic heterocycles. The Balaban J connectivity index is 0.00000271. The second-order valence-electron chi connectivity index (χ2n) is 12.1. The van der Waals surface area contributed by atoms with Crippen molar-refractivity contribution in [3.8, 4) is 11.8 Å². The number of carbonyl (C=O) groups is 2. The van der Waals surface area contributed by atoms with E-state index in [1.54, 1.807) is 29.2 Å². The number of allylic oxidation sites excluding steroid dienone is 6. The summed E-state index contributed by atoms with van der Waals surface area (Å²) < 4.78 is 0. The lowest BCUT2D eigenvalue weighted by atomic mass is 9.86. The summed E-state index contributed by atoms with van der Waals surface area (Å²) in [7, 11) is 0. The van der Waals surface area contributed by atoms with Crippen LogP contribution >= 0.6 is 0 Å². The van der Waals surface area contributed by atoms with Gasteiger partial charge in [-0.3, -0.25) is 4.79 Å². The summed E-state index contributed by atoms with van der Waals surface area (Å²) in [5.41, 5.74) is 7.22. The van der Waals surface area contributed by atoms with Crippen LogP contribution < -0.4 is 0 Å². The van der Waals surface area contributed by atoms with E-state index in [-0.39, 0.29) is 16.9 Å². The van der Waals surface area contributed by atoms with Gasteiger partial charge in [0.1, 0.15) is 0 Å². The Morgan fingerprint density at radius 2 is 1.38 bits per heavy atom. The summed E-state index contributed by atoms with van der Waals surface area (Å²) in [5.74, 6) is 5.51. The van der Waals surface area contributed by atoms with E-state index in [2.05, 4.69) is 63.8 Å². The topological polar surface area (TPSA) is 57.6 Å².